The van der Waals surface area contributed by atoms with Crippen molar-refractivity contribution in [1.29, 1.82) is 0 Å². The summed E-state index contributed by atoms with van der Waals surface area (Å²) < 4.78 is 14.6. The van der Waals surface area contributed by atoms with E-state index >= 15 is 0 Å². The van der Waals surface area contributed by atoms with Crippen molar-refractivity contribution in [2.75, 3.05) is 0 Å². The second-order valence-corrected chi connectivity index (χ2v) is 5.94. The number of aliphatic hydroxyl groups excluding tert-OH is 1. The van der Waals surface area contributed by atoms with Crippen LogP contribution in [0.5, 0.6) is 0 Å². The summed E-state index contributed by atoms with van der Waals surface area (Å²) in [6, 6.07) is 18.6. The molecule has 3 heteroatoms. The predicted octanol–water partition coefficient (Wildman–Crippen LogP) is 5.02. The quantitative estimate of drug-likeness (QED) is 0.707. The van der Waals surface area contributed by atoms with E-state index in [1.807, 2.05) is 42.5 Å². The van der Waals surface area contributed by atoms with E-state index in [1.165, 1.54) is 6.07 Å². The van der Waals surface area contributed by atoms with Gasteiger partial charge >= 0.3 is 0 Å². The first kappa shape index (κ1) is 14.2. The molecule has 0 amide bonds. The second-order valence-electron chi connectivity index (χ2n) is 5.02. The van der Waals surface area contributed by atoms with Gasteiger partial charge in [0.1, 0.15) is 5.82 Å². The monoisotopic (exact) mass is 344 g/mol. The molecule has 0 aliphatic heterocycles. The molecule has 0 bridgehead atoms. The molecule has 21 heavy (non-hydrogen) atoms. The van der Waals surface area contributed by atoms with E-state index in [0.717, 1.165) is 20.8 Å². The molecule has 1 N–H and O–H groups in total. The number of aliphatic hydroxyl groups is 1. The fraction of sp³-hybridized carbons (Fsp3) is 0.111. The van der Waals surface area contributed by atoms with Crippen molar-refractivity contribution in [2.24, 2.45) is 0 Å². The minimum atomic E-state index is -0.867. The Labute approximate surface area is 131 Å². The van der Waals surface area contributed by atoms with E-state index in [2.05, 4.69) is 15.9 Å². The van der Waals surface area contributed by atoms with Crippen LogP contribution in [0.1, 0.15) is 17.2 Å². The summed E-state index contributed by atoms with van der Waals surface area (Å²) in [7, 11) is 0. The molecule has 0 aliphatic carbocycles. The van der Waals surface area contributed by atoms with Gasteiger partial charge in [-0.2, -0.15) is 0 Å². The van der Waals surface area contributed by atoms with Crippen molar-refractivity contribution in [3.8, 4) is 0 Å². The number of hydrogen-bond acceptors (Lipinski definition) is 1. The van der Waals surface area contributed by atoms with Gasteiger partial charge in [-0.25, -0.2) is 4.39 Å². The number of halogens is 2. The first-order chi connectivity index (χ1) is 10.1. The highest BCUT2D eigenvalue weighted by molar-refractivity contribution is 9.10. The molecule has 0 heterocycles. The van der Waals surface area contributed by atoms with Crippen LogP contribution in [-0.2, 0) is 6.42 Å². The Balaban J connectivity index is 1.96. The summed E-state index contributed by atoms with van der Waals surface area (Å²) in [4.78, 5) is 0. The van der Waals surface area contributed by atoms with E-state index in [4.69, 9.17) is 0 Å². The van der Waals surface area contributed by atoms with Gasteiger partial charge in [0.25, 0.3) is 0 Å². The first-order valence-corrected chi connectivity index (χ1v) is 7.54. The van der Waals surface area contributed by atoms with Gasteiger partial charge in [-0.1, -0.05) is 58.4 Å². The average Bonchev–Trinajstić information content (AvgIpc) is 2.50. The fourth-order valence-corrected chi connectivity index (χ4v) is 2.94. The van der Waals surface area contributed by atoms with Crippen LogP contribution >= 0.6 is 15.9 Å². The molecule has 3 rings (SSSR count). The van der Waals surface area contributed by atoms with Gasteiger partial charge in [0.15, 0.2) is 0 Å². The van der Waals surface area contributed by atoms with Gasteiger partial charge in [0, 0.05) is 16.5 Å². The van der Waals surface area contributed by atoms with E-state index in [-0.39, 0.29) is 5.82 Å². The molecule has 0 saturated carbocycles. The van der Waals surface area contributed by atoms with Crippen molar-refractivity contribution >= 4 is 26.7 Å². The summed E-state index contributed by atoms with van der Waals surface area (Å²) >= 11 is 3.31. The molecule has 106 valence electrons. The summed E-state index contributed by atoms with van der Waals surface area (Å²) in [6.07, 6.45) is -0.484. The van der Waals surface area contributed by atoms with Crippen molar-refractivity contribution in [3.05, 3.63) is 82.1 Å². The zero-order valence-corrected chi connectivity index (χ0v) is 12.8. The van der Waals surface area contributed by atoms with Gasteiger partial charge in [-0.3, -0.25) is 0 Å². The number of rotatable bonds is 3. The first-order valence-electron chi connectivity index (χ1n) is 6.75. The minimum Gasteiger partial charge on any atom is -0.388 e. The van der Waals surface area contributed by atoms with Crippen molar-refractivity contribution in [2.45, 2.75) is 12.5 Å². The highest BCUT2D eigenvalue weighted by atomic mass is 79.9. The van der Waals surface area contributed by atoms with Crippen LogP contribution in [0.2, 0.25) is 0 Å². The predicted molar refractivity (Wildman–Crippen MR) is 86.7 cm³/mol. The molecule has 1 nitrogen and oxygen atoms in total. The Morgan fingerprint density at radius 3 is 2.62 bits per heavy atom. The molecule has 3 aromatic carbocycles. The Morgan fingerprint density at radius 2 is 1.76 bits per heavy atom. The molecule has 0 saturated heterocycles. The summed E-state index contributed by atoms with van der Waals surface area (Å²) in [5.41, 5.74) is 1.33. The highest BCUT2D eigenvalue weighted by Crippen LogP contribution is 2.27. The molecule has 0 fully saturated rings. The Morgan fingerprint density at radius 1 is 1.00 bits per heavy atom. The topological polar surface area (TPSA) is 20.2 Å². The molecule has 0 aromatic heterocycles. The molecule has 1 atom stereocenters. The highest BCUT2D eigenvalue weighted by Gasteiger charge is 2.15. The second kappa shape index (κ2) is 5.96. The van der Waals surface area contributed by atoms with Gasteiger partial charge < -0.3 is 5.11 Å². The van der Waals surface area contributed by atoms with Crippen molar-refractivity contribution in [1.82, 2.24) is 0 Å². The van der Waals surface area contributed by atoms with E-state index in [1.54, 1.807) is 12.1 Å². The summed E-state index contributed by atoms with van der Waals surface area (Å²) in [5.74, 6) is -0.383. The van der Waals surface area contributed by atoms with E-state index in [9.17, 15) is 9.50 Å². The lowest BCUT2D eigenvalue weighted by molar-refractivity contribution is 0.174. The number of benzene rings is 3. The van der Waals surface area contributed by atoms with Crippen LogP contribution in [0.25, 0.3) is 10.8 Å². The fourth-order valence-electron chi connectivity index (χ4n) is 2.56. The third-order valence-corrected chi connectivity index (χ3v) is 4.10. The van der Waals surface area contributed by atoms with Crippen molar-refractivity contribution in [3.63, 3.8) is 0 Å². The SMILES string of the molecule is OC(Cc1cccc2ccccc12)c1cc(Br)ccc1F. The lowest BCUT2D eigenvalue weighted by Crippen LogP contribution is -2.05. The molecule has 3 aromatic rings. The Hall–Kier alpha value is -1.71. The van der Waals surface area contributed by atoms with Gasteiger partial charge in [0.2, 0.25) is 0 Å². The standard InChI is InChI=1S/C18H14BrFO/c19-14-8-9-17(20)16(11-14)18(21)10-13-6-3-5-12-4-1-2-7-15(12)13/h1-9,11,18,21H,10H2. The Bertz CT molecular complexity index is 780. The van der Waals surface area contributed by atoms with Crippen LogP contribution < -0.4 is 0 Å². The smallest absolute Gasteiger partial charge is 0.129 e. The zero-order valence-electron chi connectivity index (χ0n) is 11.3. The largest absolute Gasteiger partial charge is 0.388 e. The van der Waals surface area contributed by atoms with Crippen LogP contribution in [-0.4, -0.2) is 5.11 Å². The maximum Gasteiger partial charge on any atom is 0.129 e. The number of fused-ring (bicyclic) bond motifs is 1. The minimum absolute atomic E-state index is 0.317. The number of hydrogen-bond donors (Lipinski definition) is 1. The third kappa shape index (κ3) is 2.99. The van der Waals surface area contributed by atoms with Crippen LogP contribution in [0.3, 0.4) is 0 Å². The molecule has 1 unspecified atom stereocenters. The maximum atomic E-state index is 13.9. The van der Waals surface area contributed by atoms with E-state index < -0.39 is 6.10 Å². The summed E-state index contributed by atoms with van der Waals surface area (Å²) in [6.45, 7) is 0. The Kier molecular flexibility index (Phi) is 4.04. The zero-order chi connectivity index (χ0) is 14.8. The van der Waals surface area contributed by atoms with Crippen LogP contribution in [0.4, 0.5) is 4.39 Å². The summed E-state index contributed by atoms with van der Waals surface area (Å²) in [5, 5.41) is 12.6. The average molecular weight is 345 g/mol. The lowest BCUT2D eigenvalue weighted by Gasteiger charge is -2.14. The molecule has 0 aliphatic rings. The van der Waals surface area contributed by atoms with Crippen LogP contribution in [0.15, 0.2) is 65.1 Å². The third-order valence-electron chi connectivity index (χ3n) is 3.61. The van der Waals surface area contributed by atoms with Gasteiger partial charge in [-0.05, 0) is 34.5 Å². The molecular formula is C18H14BrFO. The van der Waals surface area contributed by atoms with Crippen LogP contribution in [0, 0.1) is 5.82 Å². The maximum absolute atomic E-state index is 13.9. The normalized spacial score (nSPS) is 12.5. The molecule has 0 spiro atoms. The van der Waals surface area contributed by atoms with Crippen molar-refractivity contribution < 1.29 is 9.50 Å². The van der Waals surface area contributed by atoms with E-state index in [0.29, 0.717) is 12.0 Å². The van der Waals surface area contributed by atoms with Gasteiger partial charge in [0.05, 0.1) is 6.10 Å². The molecule has 0 radical (unpaired) electrons. The van der Waals surface area contributed by atoms with Gasteiger partial charge in [-0.15, -0.1) is 0 Å². The molecular weight excluding hydrogens is 331 g/mol. The lowest BCUT2D eigenvalue weighted by atomic mass is 9.96.